The Morgan fingerprint density at radius 1 is 0.786 bits per heavy atom. The summed E-state index contributed by atoms with van der Waals surface area (Å²) < 4.78 is 0. The summed E-state index contributed by atoms with van der Waals surface area (Å²) in [5, 5.41) is 7.71. The molecule has 0 radical (unpaired) electrons. The van der Waals surface area contributed by atoms with Crippen LogP contribution in [0.25, 0.3) is 10.8 Å². The monoisotopic (exact) mass is 422 g/mol. The Hall–Kier alpha value is -1.78. The van der Waals surface area contributed by atoms with E-state index in [1.54, 1.807) is 12.1 Å². The number of benzene rings is 2. The van der Waals surface area contributed by atoms with E-state index in [4.69, 9.17) is 23.2 Å². The van der Waals surface area contributed by atoms with Crippen LogP contribution >= 0.6 is 23.2 Å². The molecular formula is C22H28Cl2N2O2. The zero-order valence-corrected chi connectivity index (χ0v) is 18.3. The zero-order chi connectivity index (χ0) is 20.8. The van der Waals surface area contributed by atoms with Gasteiger partial charge in [0, 0.05) is 23.8 Å². The van der Waals surface area contributed by atoms with Crippen molar-refractivity contribution in [2.24, 2.45) is 11.8 Å². The lowest BCUT2D eigenvalue weighted by Gasteiger charge is -2.22. The van der Waals surface area contributed by atoms with Crippen molar-refractivity contribution in [3.05, 3.63) is 47.5 Å². The lowest BCUT2D eigenvalue weighted by atomic mass is 9.97. The molecule has 2 N–H and O–H groups in total. The van der Waals surface area contributed by atoms with Crippen LogP contribution in [0, 0.1) is 11.8 Å². The Kier molecular flexibility index (Phi) is 8.14. The lowest BCUT2D eigenvalue weighted by Crippen LogP contribution is -2.42. The van der Waals surface area contributed by atoms with Crippen LogP contribution in [0.1, 0.15) is 48.4 Å². The third-order valence-electron chi connectivity index (χ3n) is 4.95. The Bertz CT molecular complexity index is 768. The molecular weight excluding hydrogens is 395 g/mol. The second-order valence-corrected chi connectivity index (χ2v) is 8.32. The van der Waals surface area contributed by atoms with Gasteiger partial charge in [0.1, 0.15) is 0 Å². The lowest BCUT2D eigenvalue weighted by molar-refractivity contribution is 0.0896. The standard InChI is InChI=1S/C22H28Cl2N2O2/c1-13(2)19(11-23)25-21(27)17-9-15-7-5-6-8-16(15)10-18(17)22(28)26-20(12-24)14(3)4/h5-10,13-14,19-20H,11-12H2,1-4H3,(H,25,27)(H,26,28)/t19-,20-/m1/s1. The van der Waals surface area contributed by atoms with Gasteiger partial charge in [0.2, 0.25) is 0 Å². The minimum atomic E-state index is -0.303. The van der Waals surface area contributed by atoms with Crippen molar-refractivity contribution in [3.8, 4) is 0 Å². The highest BCUT2D eigenvalue weighted by Crippen LogP contribution is 2.21. The van der Waals surface area contributed by atoms with E-state index in [0.29, 0.717) is 22.9 Å². The van der Waals surface area contributed by atoms with Gasteiger partial charge in [-0.15, -0.1) is 23.2 Å². The maximum Gasteiger partial charge on any atom is 0.252 e. The van der Waals surface area contributed by atoms with Gasteiger partial charge in [0.15, 0.2) is 0 Å². The first-order chi connectivity index (χ1) is 13.3. The summed E-state index contributed by atoms with van der Waals surface area (Å²) in [6.07, 6.45) is 0. The van der Waals surface area contributed by atoms with Gasteiger partial charge in [-0.25, -0.2) is 0 Å². The van der Waals surface area contributed by atoms with Crippen LogP contribution < -0.4 is 10.6 Å². The van der Waals surface area contributed by atoms with Crippen LogP contribution in [0.4, 0.5) is 0 Å². The molecule has 0 heterocycles. The average molecular weight is 423 g/mol. The van der Waals surface area contributed by atoms with E-state index >= 15 is 0 Å². The molecule has 2 aromatic rings. The minimum absolute atomic E-state index is 0.178. The highest BCUT2D eigenvalue weighted by Gasteiger charge is 2.24. The number of carbonyl (C=O) groups is 2. The number of fused-ring (bicyclic) bond motifs is 1. The molecule has 0 aliphatic rings. The van der Waals surface area contributed by atoms with Gasteiger partial charge in [0.25, 0.3) is 11.8 Å². The van der Waals surface area contributed by atoms with Gasteiger partial charge in [0.05, 0.1) is 11.1 Å². The molecule has 0 unspecified atom stereocenters. The van der Waals surface area contributed by atoms with Crippen LogP contribution in [0.15, 0.2) is 36.4 Å². The van der Waals surface area contributed by atoms with E-state index in [9.17, 15) is 9.59 Å². The maximum atomic E-state index is 13.0. The molecule has 0 bridgehead atoms. The topological polar surface area (TPSA) is 58.2 Å². The fourth-order valence-corrected chi connectivity index (χ4v) is 3.74. The maximum absolute atomic E-state index is 13.0. The van der Waals surface area contributed by atoms with Crippen molar-refractivity contribution in [3.63, 3.8) is 0 Å². The summed E-state index contributed by atoms with van der Waals surface area (Å²) in [6, 6.07) is 10.8. The molecule has 2 aromatic carbocycles. The first-order valence-electron chi connectivity index (χ1n) is 9.54. The van der Waals surface area contributed by atoms with Crippen molar-refractivity contribution in [1.82, 2.24) is 10.6 Å². The van der Waals surface area contributed by atoms with E-state index in [1.807, 2.05) is 52.0 Å². The first-order valence-corrected chi connectivity index (χ1v) is 10.6. The normalized spacial score (nSPS) is 13.6. The van der Waals surface area contributed by atoms with Gasteiger partial charge in [-0.3, -0.25) is 9.59 Å². The summed E-state index contributed by atoms with van der Waals surface area (Å²) >= 11 is 12.0. The Labute approximate surface area is 177 Å². The van der Waals surface area contributed by atoms with Gasteiger partial charge in [-0.1, -0.05) is 52.0 Å². The average Bonchev–Trinajstić information content (AvgIpc) is 2.68. The van der Waals surface area contributed by atoms with Gasteiger partial charge in [-0.2, -0.15) is 0 Å². The summed E-state index contributed by atoms with van der Waals surface area (Å²) in [4.78, 5) is 26.0. The number of hydrogen-bond acceptors (Lipinski definition) is 2. The third kappa shape index (κ3) is 5.39. The predicted molar refractivity (Wildman–Crippen MR) is 118 cm³/mol. The second-order valence-electron chi connectivity index (χ2n) is 7.70. The third-order valence-corrected chi connectivity index (χ3v) is 5.62. The van der Waals surface area contributed by atoms with E-state index in [0.717, 1.165) is 10.8 Å². The van der Waals surface area contributed by atoms with Crippen molar-refractivity contribution in [2.75, 3.05) is 11.8 Å². The molecule has 2 amide bonds. The van der Waals surface area contributed by atoms with Crippen molar-refractivity contribution < 1.29 is 9.59 Å². The minimum Gasteiger partial charge on any atom is -0.348 e. The molecule has 2 rings (SSSR count). The SMILES string of the molecule is CC(C)[C@@H](CCl)NC(=O)c1cc2ccccc2cc1C(=O)N[C@H](CCl)C(C)C. The smallest absolute Gasteiger partial charge is 0.252 e. The molecule has 0 fully saturated rings. The molecule has 0 aliphatic carbocycles. The summed E-state index contributed by atoms with van der Waals surface area (Å²) in [5.74, 6) is 0.367. The van der Waals surface area contributed by atoms with E-state index < -0.39 is 0 Å². The van der Waals surface area contributed by atoms with Crippen LogP contribution in [-0.2, 0) is 0 Å². The Morgan fingerprint density at radius 2 is 1.14 bits per heavy atom. The van der Waals surface area contributed by atoms with E-state index in [-0.39, 0.29) is 35.7 Å². The predicted octanol–water partition coefficient (Wildman–Crippen LogP) is 4.83. The molecule has 0 saturated heterocycles. The van der Waals surface area contributed by atoms with Crippen LogP contribution in [0.2, 0.25) is 0 Å². The number of rotatable bonds is 8. The largest absolute Gasteiger partial charge is 0.348 e. The summed E-state index contributed by atoms with van der Waals surface area (Å²) in [6.45, 7) is 7.98. The molecule has 0 spiro atoms. The van der Waals surface area contributed by atoms with Gasteiger partial charge < -0.3 is 10.6 Å². The number of nitrogens with one attached hydrogen (secondary N) is 2. The number of amides is 2. The number of hydrogen-bond donors (Lipinski definition) is 2. The highest BCUT2D eigenvalue weighted by molar-refractivity contribution is 6.19. The van der Waals surface area contributed by atoms with Crippen LogP contribution in [0.3, 0.4) is 0 Å². The molecule has 28 heavy (non-hydrogen) atoms. The Morgan fingerprint density at radius 3 is 1.43 bits per heavy atom. The Balaban J connectivity index is 2.46. The van der Waals surface area contributed by atoms with Crippen molar-refractivity contribution >= 4 is 45.8 Å². The van der Waals surface area contributed by atoms with Crippen molar-refractivity contribution in [1.29, 1.82) is 0 Å². The molecule has 4 nitrogen and oxygen atoms in total. The summed E-state index contributed by atoms with van der Waals surface area (Å²) in [5.41, 5.74) is 0.674. The molecule has 0 aliphatic heterocycles. The number of halogens is 2. The van der Waals surface area contributed by atoms with E-state index in [2.05, 4.69) is 10.6 Å². The number of alkyl halides is 2. The number of carbonyl (C=O) groups excluding carboxylic acids is 2. The zero-order valence-electron chi connectivity index (χ0n) is 16.8. The first kappa shape index (κ1) is 22.5. The molecule has 2 atom stereocenters. The fraction of sp³-hybridized carbons (Fsp3) is 0.455. The van der Waals surface area contributed by atoms with Crippen molar-refractivity contribution in [2.45, 2.75) is 39.8 Å². The van der Waals surface area contributed by atoms with Crippen LogP contribution in [-0.4, -0.2) is 35.7 Å². The second kappa shape index (κ2) is 10.1. The summed E-state index contributed by atoms with van der Waals surface area (Å²) in [7, 11) is 0. The quantitative estimate of drug-likeness (QED) is 0.598. The highest BCUT2D eigenvalue weighted by atomic mass is 35.5. The van der Waals surface area contributed by atoms with Gasteiger partial charge in [-0.05, 0) is 34.7 Å². The fourth-order valence-electron chi connectivity index (χ4n) is 2.88. The molecule has 152 valence electrons. The molecule has 0 saturated carbocycles. The van der Waals surface area contributed by atoms with E-state index in [1.165, 1.54) is 0 Å². The molecule has 0 aromatic heterocycles. The van der Waals surface area contributed by atoms with Crippen LogP contribution in [0.5, 0.6) is 0 Å². The van der Waals surface area contributed by atoms with Gasteiger partial charge >= 0.3 is 0 Å². The molecule has 6 heteroatoms.